The first kappa shape index (κ1) is 14.9. The summed E-state index contributed by atoms with van der Waals surface area (Å²) >= 11 is 7.38. The molecule has 2 heterocycles. The van der Waals surface area contributed by atoms with Crippen molar-refractivity contribution < 1.29 is 4.79 Å². The molecule has 0 saturated carbocycles. The normalized spacial score (nSPS) is 10.9. The summed E-state index contributed by atoms with van der Waals surface area (Å²) in [6.45, 7) is 0. The Kier molecular flexibility index (Phi) is 3.80. The van der Waals surface area contributed by atoms with Gasteiger partial charge in [-0.3, -0.25) is 10.1 Å². The number of thiazole rings is 1. The molecule has 6 heteroatoms. The summed E-state index contributed by atoms with van der Waals surface area (Å²) < 4.78 is 2.93. The molecule has 4 aromatic rings. The lowest BCUT2D eigenvalue weighted by atomic mass is 10.2. The SMILES string of the molecule is O=C(Nc1nc2ccc(Cl)cc2s1)c1ccc(-n2cccc2)cc1. The Morgan fingerprint density at radius 3 is 2.58 bits per heavy atom. The summed E-state index contributed by atoms with van der Waals surface area (Å²) in [6, 6.07) is 16.8. The third kappa shape index (κ3) is 2.91. The van der Waals surface area contributed by atoms with Gasteiger partial charge in [0.15, 0.2) is 5.13 Å². The molecule has 2 aromatic heterocycles. The van der Waals surface area contributed by atoms with Gasteiger partial charge in [-0.25, -0.2) is 4.98 Å². The Balaban J connectivity index is 1.54. The average molecular weight is 354 g/mol. The van der Waals surface area contributed by atoms with Gasteiger partial charge in [-0.15, -0.1) is 0 Å². The largest absolute Gasteiger partial charge is 0.324 e. The van der Waals surface area contributed by atoms with E-state index in [1.165, 1.54) is 11.3 Å². The Labute approximate surface area is 147 Å². The van der Waals surface area contributed by atoms with Gasteiger partial charge in [0.2, 0.25) is 0 Å². The number of halogens is 1. The smallest absolute Gasteiger partial charge is 0.257 e. The average Bonchev–Trinajstić information content (AvgIpc) is 3.23. The van der Waals surface area contributed by atoms with Gasteiger partial charge in [0.25, 0.3) is 5.91 Å². The number of carbonyl (C=O) groups is 1. The van der Waals surface area contributed by atoms with Gasteiger partial charge in [-0.2, -0.15) is 0 Å². The second-order valence-corrected chi connectivity index (χ2v) is 6.69. The van der Waals surface area contributed by atoms with Crippen LogP contribution in [0.3, 0.4) is 0 Å². The predicted octanol–water partition coefficient (Wildman–Crippen LogP) is 4.99. The third-order valence-electron chi connectivity index (χ3n) is 3.60. The van der Waals surface area contributed by atoms with Crippen LogP contribution in [0.15, 0.2) is 67.0 Å². The van der Waals surface area contributed by atoms with Gasteiger partial charge < -0.3 is 4.57 Å². The maximum absolute atomic E-state index is 12.4. The van der Waals surface area contributed by atoms with Gasteiger partial charge in [0, 0.05) is 28.7 Å². The first-order valence-electron chi connectivity index (χ1n) is 7.30. The van der Waals surface area contributed by atoms with Crippen LogP contribution in [0.2, 0.25) is 5.02 Å². The number of amides is 1. The van der Waals surface area contributed by atoms with Crippen molar-refractivity contribution >= 4 is 44.2 Å². The fraction of sp³-hybridized carbons (Fsp3) is 0. The van der Waals surface area contributed by atoms with Gasteiger partial charge >= 0.3 is 0 Å². The van der Waals surface area contributed by atoms with Crippen molar-refractivity contribution in [1.29, 1.82) is 0 Å². The van der Waals surface area contributed by atoms with Crippen molar-refractivity contribution in [3.8, 4) is 5.69 Å². The lowest BCUT2D eigenvalue weighted by molar-refractivity contribution is 0.102. The molecule has 0 unspecified atom stereocenters. The number of nitrogens with one attached hydrogen (secondary N) is 1. The number of carbonyl (C=O) groups excluding carboxylic acids is 1. The predicted molar refractivity (Wildman–Crippen MR) is 98.4 cm³/mol. The number of fused-ring (bicyclic) bond motifs is 1. The zero-order valence-corrected chi connectivity index (χ0v) is 14.0. The van der Waals surface area contributed by atoms with Crippen LogP contribution in [0.25, 0.3) is 15.9 Å². The van der Waals surface area contributed by atoms with E-state index in [0.29, 0.717) is 15.7 Å². The van der Waals surface area contributed by atoms with Crippen LogP contribution in [0.1, 0.15) is 10.4 Å². The minimum Gasteiger partial charge on any atom is -0.324 e. The van der Waals surface area contributed by atoms with E-state index in [4.69, 9.17) is 11.6 Å². The molecule has 0 aliphatic carbocycles. The number of nitrogens with zero attached hydrogens (tertiary/aromatic N) is 2. The highest BCUT2D eigenvalue weighted by molar-refractivity contribution is 7.22. The van der Waals surface area contributed by atoms with Gasteiger partial charge in [0.1, 0.15) is 0 Å². The Morgan fingerprint density at radius 2 is 1.83 bits per heavy atom. The highest BCUT2D eigenvalue weighted by Crippen LogP contribution is 2.28. The highest BCUT2D eigenvalue weighted by Gasteiger charge is 2.10. The van der Waals surface area contributed by atoms with Crippen molar-refractivity contribution in [3.05, 3.63) is 77.6 Å². The van der Waals surface area contributed by atoms with Crippen molar-refractivity contribution in [3.63, 3.8) is 0 Å². The molecule has 1 N–H and O–H groups in total. The first-order valence-corrected chi connectivity index (χ1v) is 8.49. The maximum atomic E-state index is 12.4. The summed E-state index contributed by atoms with van der Waals surface area (Å²) in [5.41, 5.74) is 2.41. The topological polar surface area (TPSA) is 46.9 Å². The van der Waals surface area contributed by atoms with E-state index in [9.17, 15) is 4.79 Å². The second kappa shape index (κ2) is 6.11. The fourth-order valence-corrected chi connectivity index (χ4v) is 3.55. The molecule has 0 aliphatic heterocycles. The number of aromatic nitrogens is 2. The Bertz CT molecular complexity index is 1010. The molecule has 24 heavy (non-hydrogen) atoms. The summed E-state index contributed by atoms with van der Waals surface area (Å²) in [4.78, 5) is 16.8. The molecule has 2 aromatic carbocycles. The van der Waals surface area contributed by atoms with Crippen molar-refractivity contribution in [2.24, 2.45) is 0 Å². The van der Waals surface area contributed by atoms with Crippen LogP contribution in [0.4, 0.5) is 5.13 Å². The molecule has 1 amide bonds. The molecule has 0 spiro atoms. The van der Waals surface area contributed by atoms with E-state index in [-0.39, 0.29) is 5.91 Å². The van der Waals surface area contributed by atoms with Gasteiger partial charge in [0.05, 0.1) is 10.2 Å². The van der Waals surface area contributed by atoms with E-state index < -0.39 is 0 Å². The van der Waals surface area contributed by atoms with Crippen LogP contribution < -0.4 is 5.32 Å². The molecular weight excluding hydrogens is 342 g/mol. The van der Waals surface area contributed by atoms with E-state index in [1.54, 1.807) is 18.2 Å². The van der Waals surface area contributed by atoms with E-state index in [2.05, 4.69) is 10.3 Å². The standard InChI is InChI=1S/C18H12ClN3OS/c19-13-5-8-15-16(11-13)24-18(20-15)21-17(23)12-3-6-14(7-4-12)22-9-1-2-10-22/h1-11H,(H,20,21,23). The number of anilines is 1. The molecule has 0 radical (unpaired) electrons. The fourth-order valence-electron chi connectivity index (χ4n) is 2.41. The van der Waals surface area contributed by atoms with Crippen molar-refractivity contribution in [2.75, 3.05) is 5.32 Å². The molecule has 0 aliphatic rings. The molecule has 0 bridgehead atoms. The zero-order chi connectivity index (χ0) is 16.5. The molecule has 4 nitrogen and oxygen atoms in total. The lowest BCUT2D eigenvalue weighted by Gasteiger charge is -2.05. The van der Waals surface area contributed by atoms with Crippen LogP contribution >= 0.6 is 22.9 Å². The summed E-state index contributed by atoms with van der Waals surface area (Å²) in [6.07, 6.45) is 3.92. The third-order valence-corrected chi connectivity index (χ3v) is 4.77. The van der Waals surface area contributed by atoms with Crippen LogP contribution in [0.5, 0.6) is 0 Å². The molecule has 118 valence electrons. The first-order chi connectivity index (χ1) is 11.7. The van der Waals surface area contributed by atoms with E-state index >= 15 is 0 Å². The zero-order valence-electron chi connectivity index (χ0n) is 12.4. The van der Waals surface area contributed by atoms with Crippen LogP contribution in [-0.4, -0.2) is 15.5 Å². The molecular formula is C18H12ClN3OS. The second-order valence-electron chi connectivity index (χ2n) is 5.22. The maximum Gasteiger partial charge on any atom is 0.257 e. The van der Waals surface area contributed by atoms with Gasteiger partial charge in [-0.1, -0.05) is 22.9 Å². The van der Waals surface area contributed by atoms with Crippen molar-refractivity contribution in [2.45, 2.75) is 0 Å². The minimum absolute atomic E-state index is 0.181. The van der Waals surface area contributed by atoms with Crippen molar-refractivity contribution in [1.82, 2.24) is 9.55 Å². The summed E-state index contributed by atoms with van der Waals surface area (Å²) in [5.74, 6) is -0.181. The Morgan fingerprint density at radius 1 is 1.08 bits per heavy atom. The number of hydrogen-bond donors (Lipinski definition) is 1. The number of hydrogen-bond acceptors (Lipinski definition) is 3. The highest BCUT2D eigenvalue weighted by atomic mass is 35.5. The summed E-state index contributed by atoms with van der Waals surface area (Å²) in [7, 11) is 0. The molecule has 0 atom stereocenters. The van der Waals surface area contributed by atoms with E-state index in [0.717, 1.165) is 15.9 Å². The number of benzene rings is 2. The lowest BCUT2D eigenvalue weighted by Crippen LogP contribution is -2.11. The molecule has 0 fully saturated rings. The van der Waals surface area contributed by atoms with E-state index in [1.807, 2.05) is 53.4 Å². The molecule has 4 rings (SSSR count). The van der Waals surface area contributed by atoms with Crippen LogP contribution in [0, 0.1) is 0 Å². The monoisotopic (exact) mass is 353 g/mol. The Hall–Kier alpha value is -2.63. The van der Waals surface area contributed by atoms with Gasteiger partial charge in [-0.05, 0) is 54.6 Å². The van der Waals surface area contributed by atoms with Crippen LogP contribution in [-0.2, 0) is 0 Å². The number of rotatable bonds is 3. The quantitative estimate of drug-likeness (QED) is 0.563. The minimum atomic E-state index is -0.181. The summed E-state index contributed by atoms with van der Waals surface area (Å²) in [5, 5.41) is 4.06. The molecule has 0 saturated heterocycles.